The molecule has 1 aliphatic rings. The summed E-state index contributed by atoms with van der Waals surface area (Å²) in [6, 6.07) is 12.2. The highest BCUT2D eigenvalue weighted by atomic mass is 32.2. The summed E-state index contributed by atoms with van der Waals surface area (Å²) in [5.41, 5.74) is 1.31. The summed E-state index contributed by atoms with van der Waals surface area (Å²) in [6.07, 6.45) is 3.16. The van der Waals surface area contributed by atoms with Gasteiger partial charge in [-0.15, -0.1) is 0 Å². The Hall–Kier alpha value is -2.75. The van der Waals surface area contributed by atoms with Gasteiger partial charge in [0.05, 0.1) is 12.0 Å². The first-order chi connectivity index (χ1) is 13.9. The van der Waals surface area contributed by atoms with Crippen molar-refractivity contribution in [2.75, 3.05) is 25.5 Å². The summed E-state index contributed by atoms with van der Waals surface area (Å²) in [4.78, 5) is 33.3. The van der Waals surface area contributed by atoms with Crippen LogP contribution in [-0.4, -0.2) is 45.3 Å². The zero-order valence-corrected chi connectivity index (χ0v) is 16.9. The number of rotatable bonds is 6. The van der Waals surface area contributed by atoms with Crippen LogP contribution in [0.15, 0.2) is 53.4 Å². The maximum Gasteiger partial charge on any atom is 0.262 e. The molecule has 2 N–H and O–H groups in total. The first-order valence-electron chi connectivity index (χ1n) is 9.26. The molecule has 0 saturated carbocycles. The Morgan fingerprint density at radius 3 is 2.31 bits per heavy atom. The number of amides is 2. The average molecular weight is 417 g/mol. The molecule has 2 aromatic rings. The number of likely N-dealkylation sites (tertiary alicyclic amines) is 1. The molecule has 0 unspecified atom stereocenters. The molecule has 0 aliphatic carbocycles. The largest absolute Gasteiger partial charge is 0.339 e. The minimum absolute atomic E-state index is 0.0231. The van der Waals surface area contributed by atoms with Crippen LogP contribution in [0.4, 0.5) is 5.69 Å². The van der Waals surface area contributed by atoms with Crippen LogP contribution in [0.1, 0.15) is 40.0 Å². The summed E-state index contributed by atoms with van der Waals surface area (Å²) in [5, 5.41) is 2.74. The zero-order chi connectivity index (χ0) is 20.9. The second-order valence-corrected chi connectivity index (χ2v) is 8.35. The highest BCUT2D eigenvalue weighted by Gasteiger charge is 2.19. The molecule has 0 bridgehead atoms. The Bertz CT molecular complexity index is 983. The number of piperidine rings is 1. The molecule has 2 aromatic carbocycles. The van der Waals surface area contributed by atoms with Crippen LogP contribution >= 0.6 is 0 Å². The van der Waals surface area contributed by atoms with Crippen molar-refractivity contribution in [3.05, 3.63) is 59.7 Å². The number of anilines is 1. The fraction of sp³-hybridized carbons (Fsp3) is 0.300. The van der Waals surface area contributed by atoms with E-state index >= 15 is 0 Å². The number of carbonyl (C=O) groups excluding carboxylic acids is 2. The van der Waals surface area contributed by atoms with Gasteiger partial charge in [0.25, 0.3) is 21.8 Å². The lowest BCUT2D eigenvalue weighted by molar-refractivity contribution is 0.0724. The highest BCUT2D eigenvalue weighted by molar-refractivity contribution is 7.89. The normalized spacial score (nSPS) is 14.4. The van der Waals surface area contributed by atoms with Crippen molar-refractivity contribution in [1.82, 2.24) is 9.79 Å². The van der Waals surface area contributed by atoms with Gasteiger partial charge < -0.3 is 10.2 Å². The van der Waals surface area contributed by atoms with Crippen LogP contribution in [0, 0.1) is 0 Å². The first-order valence-corrected chi connectivity index (χ1v) is 10.7. The van der Waals surface area contributed by atoms with Gasteiger partial charge >= 0.3 is 0 Å². The van der Waals surface area contributed by atoms with E-state index in [1.54, 1.807) is 24.3 Å². The molecular formula is C20H23N3O5S. The van der Waals surface area contributed by atoms with Crippen LogP contribution in [0.25, 0.3) is 0 Å². The van der Waals surface area contributed by atoms with Crippen molar-refractivity contribution >= 4 is 27.5 Å². The third kappa shape index (κ3) is 5.20. The smallest absolute Gasteiger partial charge is 0.262 e. The molecule has 1 aliphatic heterocycles. The highest BCUT2D eigenvalue weighted by Crippen LogP contribution is 2.18. The second-order valence-electron chi connectivity index (χ2n) is 6.70. The topological polar surface area (TPSA) is 105 Å². The Labute approximate surface area is 169 Å². The first kappa shape index (κ1) is 21.0. The maximum atomic E-state index is 12.6. The predicted octanol–water partition coefficient (Wildman–Crippen LogP) is 2.40. The molecular weight excluding hydrogens is 394 g/mol. The van der Waals surface area contributed by atoms with Crippen molar-refractivity contribution in [2.45, 2.75) is 24.2 Å². The molecule has 0 atom stereocenters. The molecule has 29 heavy (non-hydrogen) atoms. The van der Waals surface area contributed by atoms with E-state index in [0.717, 1.165) is 32.4 Å². The van der Waals surface area contributed by atoms with E-state index < -0.39 is 15.9 Å². The molecule has 3 rings (SSSR count). The van der Waals surface area contributed by atoms with Gasteiger partial charge in [-0.2, -0.15) is 0 Å². The zero-order valence-electron chi connectivity index (χ0n) is 16.1. The van der Waals surface area contributed by atoms with Crippen molar-refractivity contribution in [1.29, 1.82) is 0 Å². The van der Waals surface area contributed by atoms with E-state index in [1.165, 1.54) is 31.4 Å². The molecule has 9 heteroatoms. The van der Waals surface area contributed by atoms with E-state index in [1.807, 2.05) is 9.79 Å². The minimum Gasteiger partial charge on any atom is -0.339 e. The van der Waals surface area contributed by atoms with Crippen molar-refractivity contribution < 1.29 is 22.8 Å². The van der Waals surface area contributed by atoms with Gasteiger partial charge in [-0.1, -0.05) is 11.0 Å². The summed E-state index contributed by atoms with van der Waals surface area (Å²) >= 11 is 0. The molecule has 1 saturated heterocycles. The van der Waals surface area contributed by atoms with Gasteiger partial charge in [0, 0.05) is 29.9 Å². The Morgan fingerprint density at radius 2 is 1.66 bits per heavy atom. The third-order valence-corrected chi connectivity index (χ3v) is 5.91. The van der Waals surface area contributed by atoms with Gasteiger partial charge in [0.1, 0.15) is 0 Å². The molecule has 1 heterocycles. The van der Waals surface area contributed by atoms with E-state index in [0.29, 0.717) is 11.3 Å². The van der Waals surface area contributed by atoms with Gasteiger partial charge in [0.15, 0.2) is 0 Å². The number of hydrogen-bond donors (Lipinski definition) is 2. The summed E-state index contributed by atoms with van der Waals surface area (Å²) in [6.45, 7) is 1.51. The monoisotopic (exact) mass is 417 g/mol. The molecule has 8 nitrogen and oxygen atoms in total. The fourth-order valence-corrected chi connectivity index (χ4v) is 3.97. The van der Waals surface area contributed by atoms with Crippen LogP contribution in [0.5, 0.6) is 0 Å². The van der Waals surface area contributed by atoms with E-state index in [4.69, 9.17) is 0 Å². The molecule has 0 radical (unpaired) electrons. The molecule has 0 aromatic heterocycles. The van der Waals surface area contributed by atoms with Gasteiger partial charge in [0.2, 0.25) is 0 Å². The van der Waals surface area contributed by atoms with E-state index in [9.17, 15) is 18.0 Å². The van der Waals surface area contributed by atoms with Crippen molar-refractivity contribution in [3.63, 3.8) is 0 Å². The second kappa shape index (κ2) is 9.17. The summed E-state index contributed by atoms with van der Waals surface area (Å²) < 4.78 is 23.7. The quantitative estimate of drug-likeness (QED) is 0.703. The van der Waals surface area contributed by atoms with Gasteiger partial charge in [-0.05, 0) is 61.7 Å². The average Bonchev–Trinajstić information content (AvgIpc) is 2.74. The standard InChI is InChI=1S/C20H23N3O5S/c1-28-22-29(26,27)18-10-8-15(9-11-18)19(24)21-17-7-5-6-16(14-17)20(25)23-12-3-2-4-13-23/h5-11,14,22H,2-4,12-13H2,1H3,(H,21,24). The number of nitrogens with zero attached hydrogens (tertiary/aromatic N) is 1. The van der Waals surface area contributed by atoms with Crippen LogP contribution in [0.3, 0.4) is 0 Å². The lowest BCUT2D eigenvalue weighted by atomic mass is 10.1. The fourth-order valence-electron chi connectivity index (χ4n) is 3.16. The Kier molecular flexibility index (Phi) is 6.63. The van der Waals surface area contributed by atoms with Crippen molar-refractivity contribution in [2.24, 2.45) is 0 Å². The minimum atomic E-state index is -3.78. The van der Waals surface area contributed by atoms with Crippen LogP contribution in [0.2, 0.25) is 0 Å². The van der Waals surface area contributed by atoms with Crippen molar-refractivity contribution in [3.8, 4) is 0 Å². The van der Waals surface area contributed by atoms with Gasteiger partial charge in [-0.3, -0.25) is 14.4 Å². The number of nitrogens with one attached hydrogen (secondary N) is 2. The van der Waals surface area contributed by atoms with Crippen LogP contribution < -0.4 is 10.2 Å². The summed E-state index contributed by atoms with van der Waals surface area (Å²) in [7, 11) is -2.59. The maximum absolute atomic E-state index is 12.6. The molecule has 154 valence electrons. The number of benzene rings is 2. The number of hydrogen-bond acceptors (Lipinski definition) is 5. The molecule has 0 spiro atoms. The number of sulfonamides is 1. The third-order valence-electron chi connectivity index (χ3n) is 4.63. The number of carbonyl (C=O) groups is 2. The predicted molar refractivity (Wildman–Crippen MR) is 108 cm³/mol. The Morgan fingerprint density at radius 1 is 0.966 bits per heavy atom. The van der Waals surface area contributed by atoms with Crippen LogP contribution in [-0.2, 0) is 14.9 Å². The van der Waals surface area contributed by atoms with E-state index in [2.05, 4.69) is 10.2 Å². The lowest BCUT2D eigenvalue weighted by Crippen LogP contribution is -2.35. The Balaban J connectivity index is 1.70. The van der Waals surface area contributed by atoms with E-state index in [-0.39, 0.29) is 16.4 Å². The lowest BCUT2D eigenvalue weighted by Gasteiger charge is -2.26. The van der Waals surface area contributed by atoms with Gasteiger partial charge in [-0.25, -0.2) is 8.42 Å². The SMILES string of the molecule is CONS(=O)(=O)c1ccc(C(=O)Nc2cccc(C(=O)N3CCCCC3)c2)cc1. The summed E-state index contributed by atoms with van der Waals surface area (Å²) in [5.74, 6) is -0.447. The molecule has 1 fully saturated rings. The molecule has 2 amide bonds.